The van der Waals surface area contributed by atoms with E-state index in [4.69, 9.17) is 15.7 Å². The molecule has 0 saturated carbocycles. The van der Waals surface area contributed by atoms with Crippen LogP contribution < -0.4 is 10.6 Å². The number of amidine groups is 1. The van der Waals surface area contributed by atoms with Crippen molar-refractivity contribution in [2.24, 2.45) is 10.9 Å². The Balaban J connectivity index is 2.11. The van der Waals surface area contributed by atoms with E-state index in [0.29, 0.717) is 17.8 Å². The highest BCUT2D eigenvalue weighted by atomic mass is 19.1. The van der Waals surface area contributed by atoms with Gasteiger partial charge in [-0.15, -0.1) is 0 Å². The summed E-state index contributed by atoms with van der Waals surface area (Å²) in [6.07, 6.45) is 2.23. The maximum atomic E-state index is 14.0. The molecule has 6 heteroatoms. The number of ether oxygens (including phenoxy) is 1. The SMILES string of the molecule is CN(CC1CCCO1)c1ccc(C(N)=NO)cc1F. The van der Waals surface area contributed by atoms with E-state index in [2.05, 4.69) is 5.16 Å². The summed E-state index contributed by atoms with van der Waals surface area (Å²) in [4.78, 5) is 1.82. The molecule has 1 aromatic carbocycles. The van der Waals surface area contributed by atoms with Crippen molar-refractivity contribution in [1.29, 1.82) is 0 Å². The summed E-state index contributed by atoms with van der Waals surface area (Å²) in [7, 11) is 1.82. The smallest absolute Gasteiger partial charge is 0.170 e. The van der Waals surface area contributed by atoms with E-state index in [1.54, 1.807) is 12.1 Å². The minimum absolute atomic E-state index is 0.104. The fourth-order valence-corrected chi connectivity index (χ4v) is 2.23. The molecule has 2 rings (SSSR count). The first kappa shape index (κ1) is 13.6. The van der Waals surface area contributed by atoms with Crippen LogP contribution in [0.25, 0.3) is 0 Å². The second-order valence-electron chi connectivity index (χ2n) is 4.67. The number of nitrogens with two attached hydrogens (primary N) is 1. The van der Waals surface area contributed by atoms with Crippen LogP contribution in [0, 0.1) is 5.82 Å². The van der Waals surface area contributed by atoms with Gasteiger partial charge in [0.2, 0.25) is 0 Å². The summed E-state index contributed by atoms with van der Waals surface area (Å²) in [5.74, 6) is -0.503. The molecule has 1 unspecified atom stereocenters. The quantitative estimate of drug-likeness (QED) is 0.376. The van der Waals surface area contributed by atoms with E-state index >= 15 is 0 Å². The first-order valence-electron chi connectivity index (χ1n) is 6.22. The van der Waals surface area contributed by atoms with Crippen LogP contribution in [0.4, 0.5) is 10.1 Å². The molecule has 1 heterocycles. The van der Waals surface area contributed by atoms with Gasteiger partial charge in [0, 0.05) is 25.8 Å². The number of likely N-dealkylation sites (N-methyl/N-ethyl adjacent to an activating group) is 1. The molecule has 0 spiro atoms. The largest absolute Gasteiger partial charge is 0.409 e. The molecule has 19 heavy (non-hydrogen) atoms. The van der Waals surface area contributed by atoms with Gasteiger partial charge in [-0.3, -0.25) is 0 Å². The van der Waals surface area contributed by atoms with E-state index in [1.165, 1.54) is 6.07 Å². The van der Waals surface area contributed by atoms with Crippen LogP contribution in [0.5, 0.6) is 0 Å². The van der Waals surface area contributed by atoms with E-state index in [-0.39, 0.29) is 11.9 Å². The highest BCUT2D eigenvalue weighted by Gasteiger charge is 2.19. The monoisotopic (exact) mass is 267 g/mol. The Hall–Kier alpha value is -1.82. The van der Waals surface area contributed by atoms with Crippen molar-refractivity contribution in [3.63, 3.8) is 0 Å². The Labute approximate surface area is 111 Å². The van der Waals surface area contributed by atoms with Crippen LogP contribution >= 0.6 is 0 Å². The molecule has 5 nitrogen and oxygen atoms in total. The molecule has 1 aliphatic rings. The number of nitrogens with zero attached hydrogens (tertiary/aromatic N) is 2. The topological polar surface area (TPSA) is 71.1 Å². The maximum Gasteiger partial charge on any atom is 0.170 e. The van der Waals surface area contributed by atoms with Crippen LogP contribution in [0.2, 0.25) is 0 Å². The first-order chi connectivity index (χ1) is 9.11. The van der Waals surface area contributed by atoms with Crippen molar-refractivity contribution in [2.45, 2.75) is 18.9 Å². The summed E-state index contributed by atoms with van der Waals surface area (Å²) < 4.78 is 19.5. The van der Waals surface area contributed by atoms with Gasteiger partial charge in [-0.05, 0) is 31.0 Å². The Morgan fingerprint density at radius 1 is 1.63 bits per heavy atom. The van der Waals surface area contributed by atoms with Gasteiger partial charge in [0.1, 0.15) is 5.82 Å². The number of anilines is 1. The molecule has 104 valence electrons. The van der Waals surface area contributed by atoms with E-state index in [9.17, 15) is 4.39 Å². The van der Waals surface area contributed by atoms with E-state index < -0.39 is 5.82 Å². The molecule has 1 aliphatic heterocycles. The third-order valence-electron chi connectivity index (χ3n) is 3.26. The van der Waals surface area contributed by atoms with Gasteiger partial charge >= 0.3 is 0 Å². The zero-order chi connectivity index (χ0) is 13.8. The molecule has 0 bridgehead atoms. The normalized spacial score (nSPS) is 19.7. The third kappa shape index (κ3) is 3.14. The minimum atomic E-state index is -0.399. The van der Waals surface area contributed by atoms with Crippen LogP contribution in [0.15, 0.2) is 23.4 Å². The fourth-order valence-electron chi connectivity index (χ4n) is 2.23. The van der Waals surface area contributed by atoms with Crippen molar-refractivity contribution < 1.29 is 14.3 Å². The van der Waals surface area contributed by atoms with Gasteiger partial charge in [-0.1, -0.05) is 5.16 Å². The molecule has 0 radical (unpaired) electrons. The van der Waals surface area contributed by atoms with Crippen molar-refractivity contribution in [2.75, 3.05) is 25.1 Å². The predicted molar refractivity (Wildman–Crippen MR) is 71.2 cm³/mol. The Bertz CT molecular complexity index is 473. The van der Waals surface area contributed by atoms with Crippen molar-refractivity contribution in [1.82, 2.24) is 0 Å². The number of rotatable bonds is 4. The second kappa shape index (κ2) is 5.88. The van der Waals surface area contributed by atoms with Gasteiger partial charge < -0.3 is 20.6 Å². The zero-order valence-corrected chi connectivity index (χ0v) is 10.8. The second-order valence-corrected chi connectivity index (χ2v) is 4.67. The van der Waals surface area contributed by atoms with Crippen LogP contribution in [0.1, 0.15) is 18.4 Å². The molecule has 1 saturated heterocycles. The van der Waals surface area contributed by atoms with Crippen LogP contribution in [-0.2, 0) is 4.74 Å². The van der Waals surface area contributed by atoms with Crippen molar-refractivity contribution >= 4 is 11.5 Å². The third-order valence-corrected chi connectivity index (χ3v) is 3.26. The molecule has 1 aromatic rings. The molecule has 0 aliphatic carbocycles. The number of halogens is 1. The summed E-state index contributed by atoms with van der Waals surface area (Å²) >= 11 is 0. The molecular weight excluding hydrogens is 249 g/mol. The lowest BCUT2D eigenvalue weighted by Crippen LogP contribution is -2.29. The summed E-state index contributed by atoms with van der Waals surface area (Å²) in [6.45, 7) is 1.43. The number of hydrogen-bond donors (Lipinski definition) is 2. The lowest BCUT2D eigenvalue weighted by atomic mass is 10.1. The Morgan fingerprint density at radius 3 is 3.00 bits per heavy atom. The molecule has 0 amide bonds. The first-order valence-corrected chi connectivity index (χ1v) is 6.22. The molecule has 3 N–H and O–H groups in total. The standard InChI is InChI=1S/C13H18FN3O2/c1-17(8-10-3-2-6-19-10)12-5-4-9(7-11(12)14)13(15)16-18/h4-5,7,10,18H,2-3,6,8H2,1H3,(H2,15,16). The maximum absolute atomic E-state index is 14.0. The zero-order valence-electron chi connectivity index (χ0n) is 10.8. The van der Waals surface area contributed by atoms with E-state index in [0.717, 1.165) is 19.4 Å². The molecule has 1 atom stereocenters. The average Bonchev–Trinajstić information content (AvgIpc) is 2.90. The fraction of sp³-hybridized carbons (Fsp3) is 0.462. The Morgan fingerprint density at radius 2 is 2.42 bits per heavy atom. The number of benzene rings is 1. The summed E-state index contributed by atoms with van der Waals surface area (Å²) in [5, 5.41) is 11.4. The summed E-state index contributed by atoms with van der Waals surface area (Å²) in [5.41, 5.74) is 6.25. The van der Waals surface area contributed by atoms with Crippen LogP contribution in [0.3, 0.4) is 0 Å². The molecular formula is C13H18FN3O2. The van der Waals surface area contributed by atoms with Gasteiger partial charge in [0.25, 0.3) is 0 Å². The molecule has 1 fully saturated rings. The van der Waals surface area contributed by atoms with Gasteiger partial charge in [-0.25, -0.2) is 4.39 Å². The van der Waals surface area contributed by atoms with Gasteiger partial charge in [0.05, 0.1) is 11.8 Å². The minimum Gasteiger partial charge on any atom is -0.409 e. The lowest BCUT2D eigenvalue weighted by molar-refractivity contribution is 0.116. The highest BCUT2D eigenvalue weighted by Crippen LogP contribution is 2.22. The van der Waals surface area contributed by atoms with Gasteiger partial charge in [-0.2, -0.15) is 0 Å². The predicted octanol–water partition coefficient (Wildman–Crippen LogP) is 1.54. The van der Waals surface area contributed by atoms with Crippen LogP contribution in [-0.4, -0.2) is 37.3 Å². The van der Waals surface area contributed by atoms with E-state index in [1.807, 2.05) is 11.9 Å². The average molecular weight is 267 g/mol. The highest BCUT2D eigenvalue weighted by molar-refractivity contribution is 5.97. The summed E-state index contributed by atoms with van der Waals surface area (Å²) in [6, 6.07) is 4.51. The van der Waals surface area contributed by atoms with Crippen molar-refractivity contribution in [3.8, 4) is 0 Å². The number of oxime groups is 1. The molecule has 0 aromatic heterocycles. The Kier molecular flexibility index (Phi) is 4.21. The number of hydrogen-bond acceptors (Lipinski definition) is 4. The van der Waals surface area contributed by atoms with Gasteiger partial charge in [0.15, 0.2) is 5.84 Å². The van der Waals surface area contributed by atoms with Crippen molar-refractivity contribution in [3.05, 3.63) is 29.6 Å². The lowest BCUT2D eigenvalue weighted by Gasteiger charge is -2.23.